The summed E-state index contributed by atoms with van der Waals surface area (Å²) in [6.45, 7) is 0. The average Bonchev–Trinajstić information content (AvgIpc) is 2.85. The van der Waals surface area contributed by atoms with Gasteiger partial charge < -0.3 is 4.18 Å². The molecule has 2 rings (SSSR count). The lowest BCUT2D eigenvalue weighted by atomic mass is 10.2. The van der Waals surface area contributed by atoms with Crippen LogP contribution < -0.4 is 4.18 Å². The summed E-state index contributed by atoms with van der Waals surface area (Å²) in [7, 11) is -4.21. The fraction of sp³-hybridized carbons (Fsp3) is 0.250. The second kappa shape index (κ2) is 6.30. The third kappa shape index (κ3) is 4.38. The van der Waals surface area contributed by atoms with Gasteiger partial charge in [-0.3, -0.25) is 0 Å². The maximum absolute atomic E-state index is 14.0. The molecule has 0 atom stereocenters. The van der Waals surface area contributed by atoms with E-state index >= 15 is 0 Å². The van der Waals surface area contributed by atoms with Crippen LogP contribution in [0.5, 0.6) is 5.75 Å². The van der Waals surface area contributed by atoms with Gasteiger partial charge in [-0.05, 0) is 6.07 Å². The summed E-state index contributed by atoms with van der Waals surface area (Å²) in [6, 6.07) is 0.457. The molecule has 0 saturated carbocycles. The van der Waals surface area contributed by atoms with Crippen molar-refractivity contribution in [3.05, 3.63) is 40.4 Å². The van der Waals surface area contributed by atoms with Crippen molar-refractivity contribution in [2.24, 2.45) is 0 Å². The summed E-state index contributed by atoms with van der Waals surface area (Å²) >= 11 is 5.54. The van der Waals surface area contributed by atoms with Gasteiger partial charge >= 0.3 is 22.5 Å². The standard InChI is InChI=1S/C12H6ClF7N2O3S/c1-26(23,24)25-8-3-7(6(14)2-5(8)13)22-10(12(18,19)20)4-9(21-22)11(15,16)17/h2-4H,1H3. The van der Waals surface area contributed by atoms with Crippen LogP contribution in [0.4, 0.5) is 30.7 Å². The average molecular weight is 427 g/mol. The molecule has 0 aliphatic rings. The number of halogens is 8. The van der Waals surface area contributed by atoms with Crippen molar-refractivity contribution in [1.82, 2.24) is 9.78 Å². The Kier molecular flexibility index (Phi) is 4.92. The Morgan fingerprint density at radius 3 is 2.12 bits per heavy atom. The lowest BCUT2D eigenvalue weighted by molar-refractivity contribution is -0.143. The topological polar surface area (TPSA) is 61.2 Å². The highest BCUT2D eigenvalue weighted by atomic mass is 35.5. The van der Waals surface area contributed by atoms with Crippen molar-refractivity contribution in [3.63, 3.8) is 0 Å². The first-order chi connectivity index (χ1) is 11.6. The zero-order valence-electron chi connectivity index (χ0n) is 12.3. The molecule has 1 aromatic carbocycles. The van der Waals surface area contributed by atoms with Gasteiger partial charge in [0.25, 0.3) is 0 Å². The van der Waals surface area contributed by atoms with E-state index in [1.807, 2.05) is 0 Å². The summed E-state index contributed by atoms with van der Waals surface area (Å²) in [5.41, 5.74) is -5.00. The van der Waals surface area contributed by atoms with E-state index in [2.05, 4.69) is 9.28 Å². The predicted octanol–water partition coefficient (Wildman–Crippen LogP) is 4.04. The van der Waals surface area contributed by atoms with Crippen LogP contribution in [0.3, 0.4) is 0 Å². The molecule has 26 heavy (non-hydrogen) atoms. The van der Waals surface area contributed by atoms with Crippen LogP contribution in [0, 0.1) is 5.82 Å². The Bertz CT molecular complexity index is 951. The Balaban J connectivity index is 2.75. The third-order valence-electron chi connectivity index (χ3n) is 2.76. The Morgan fingerprint density at radius 2 is 1.65 bits per heavy atom. The SMILES string of the molecule is CS(=O)(=O)Oc1cc(-n2nc(C(F)(F)F)cc2C(F)(F)F)c(F)cc1Cl. The highest BCUT2D eigenvalue weighted by Crippen LogP contribution is 2.38. The molecule has 0 N–H and O–H groups in total. The maximum atomic E-state index is 14.0. The van der Waals surface area contributed by atoms with E-state index in [1.165, 1.54) is 0 Å². The van der Waals surface area contributed by atoms with E-state index < -0.39 is 56.1 Å². The van der Waals surface area contributed by atoms with Crippen LogP contribution in [0.1, 0.15) is 11.4 Å². The molecule has 1 heterocycles. The maximum Gasteiger partial charge on any atom is 0.435 e. The van der Waals surface area contributed by atoms with E-state index in [0.717, 1.165) is 0 Å². The van der Waals surface area contributed by atoms with Crippen LogP contribution in [0.25, 0.3) is 5.69 Å². The van der Waals surface area contributed by atoms with Gasteiger partial charge in [-0.15, -0.1) is 0 Å². The van der Waals surface area contributed by atoms with E-state index in [1.54, 1.807) is 0 Å². The second-order valence-corrected chi connectivity index (χ2v) is 6.83. The first-order valence-electron chi connectivity index (χ1n) is 6.23. The molecule has 2 aromatic rings. The summed E-state index contributed by atoms with van der Waals surface area (Å²) < 4.78 is 117. The molecular formula is C12H6ClF7N2O3S. The summed E-state index contributed by atoms with van der Waals surface area (Å²) in [4.78, 5) is 0. The highest BCUT2D eigenvalue weighted by Gasteiger charge is 2.42. The normalized spacial score (nSPS) is 13.1. The lowest BCUT2D eigenvalue weighted by Gasteiger charge is -2.13. The smallest absolute Gasteiger partial charge is 0.381 e. The fourth-order valence-corrected chi connectivity index (χ4v) is 2.51. The molecule has 0 aliphatic heterocycles. The van der Waals surface area contributed by atoms with Crippen molar-refractivity contribution in [1.29, 1.82) is 0 Å². The van der Waals surface area contributed by atoms with E-state index in [9.17, 15) is 39.2 Å². The number of nitrogens with zero attached hydrogens (tertiary/aromatic N) is 2. The molecule has 0 bridgehead atoms. The summed E-state index contributed by atoms with van der Waals surface area (Å²) in [5, 5.41) is 2.10. The Hall–Kier alpha value is -2.02. The molecule has 144 valence electrons. The molecule has 0 aliphatic carbocycles. The molecule has 0 radical (unpaired) electrons. The first-order valence-corrected chi connectivity index (χ1v) is 8.42. The van der Waals surface area contributed by atoms with Gasteiger partial charge in [0.1, 0.15) is 11.4 Å². The molecule has 5 nitrogen and oxygen atoms in total. The first kappa shape index (κ1) is 20.3. The van der Waals surface area contributed by atoms with Gasteiger partial charge in [-0.25, -0.2) is 9.07 Å². The van der Waals surface area contributed by atoms with Gasteiger partial charge in [0.2, 0.25) is 0 Å². The molecule has 0 amide bonds. The predicted molar refractivity (Wildman–Crippen MR) is 74.0 cm³/mol. The quantitative estimate of drug-likeness (QED) is 0.549. The number of hydrogen-bond acceptors (Lipinski definition) is 4. The van der Waals surface area contributed by atoms with E-state index in [4.69, 9.17) is 11.6 Å². The van der Waals surface area contributed by atoms with Crippen molar-refractivity contribution in [2.45, 2.75) is 12.4 Å². The molecule has 0 saturated heterocycles. The number of aromatic nitrogens is 2. The number of alkyl halides is 6. The third-order valence-corrected chi connectivity index (χ3v) is 3.54. The zero-order chi connectivity index (χ0) is 20.1. The van der Waals surface area contributed by atoms with Crippen molar-refractivity contribution in [2.75, 3.05) is 6.26 Å². The molecule has 0 spiro atoms. The monoisotopic (exact) mass is 426 g/mol. The molecular weight excluding hydrogens is 421 g/mol. The zero-order valence-corrected chi connectivity index (χ0v) is 13.9. The molecule has 14 heteroatoms. The Morgan fingerprint density at radius 1 is 1.08 bits per heavy atom. The van der Waals surface area contributed by atoms with Gasteiger partial charge in [-0.1, -0.05) is 11.6 Å². The van der Waals surface area contributed by atoms with Gasteiger partial charge in [0.15, 0.2) is 17.3 Å². The minimum Gasteiger partial charge on any atom is -0.381 e. The highest BCUT2D eigenvalue weighted by molar-refractivity contribution is 7.86. The van der Waals surface area contributed by atoms with Crippen LogP contribution >= 0.6 is 11.6 Å². The summed E-state index contributed by atoms with van der Waals surface area (Å²) in [5.74, 6) is -2.28. The van der Waals surface area contributed by atoms with E-state index in [0.29, 0.717) is 18.4 Å². The number of benzene rings is 1. The summed E-state index contributed by atoms with van der Waals surface area (Å²) in [6.07, 6.45) is -9.98. The molecule has 0 fully saturated rings. The number of rotatable bonds is 3. The lowest BCUT2D eigenvalue weighted by Crippen LogP contribution is -2.15. The van der Waals surface area contributed by atoms with E-state index in [-0.39, 0.29) is 10.7 Å². The fourth-order valence-electron chi connectivity index (χ4n) is 1.81. The van der Waals surface area contributed by atoms with Crippen LogP contribution in [-0.4, -0.2) is 24.5 Å². The van der Waals surface area contributed by atoms with Crippen LogP contribution in [-0.2, 0) is 22.5 Å². The number of hydrogen-bond donors (Lipinski definition) is 0. The van der Waals surface area contributed by atoms with Gasteiger partial charge in [0.05, 0.1) is 11.3 Å². The molecule has 0 unspecified atom stereocenters. The van der Waals surface area contributed by atoms with Crippen molar-refractivity contribution in [3.8, 4) is 11.4 Å². The van der Waals surface area contributed by atoms with Crippen LogP contribution in [0.15, 0.2) is 18.2 Å². The minimum absolute atomic E-state index is 0.314. The largest absolute Gasteiger partial charge is 0.435 e. The van der Waals surface area contributed by atoms with Crippen molar-refractivity contribution < 1.29 is 43.3 Å². The second-order valence-electron chi connectivity index (χ2n) is 4.84. The Labute approximate surface area is 146 Å². The van der Waals surface area contributed by atoms with Crippen LogP contribution in [0.2, 0.25) is 5.02 Å². The van der Waals surface area contributed by atoms with Gasteiger partial charge in [-0.2, -0.15) is 39.9 Å². The minimum atomic E-state index is -5.32. The van der Waals surface area contributed by atoms with Gasteiger partial charge in [0, 0.05) is 12.1 Å². The van der Waals surface area contributed by atoms with Crippen molar-refractivity contribution >= 4 is 21.7 Å². The molecule has 1 aromatic heterocycles.